The Labute approximate surface area is 214 Å². The quantitative estimate of drug-likeness (QED) is 0.588. The van der Waals surface area contributed by atoms with Crippen molar-refractivity contribution < 1.29 is 13.2 Å². The Kier molecular flexibility index (Phi) is 7.00. The fourth-order valence-electron chi connectivity index (χ4n) is 5.84. The molecule has 36 heavy (non-hydrogen) atoms. The fraction of sp³-hybridized carbons (Fsp3) is 0.615. The summed E-state index contributed by atoms with van der Waals surface area (Å²) in [4.78, 5) is 15.4. The normalized spacial score (nSPS) is 18.3. The molecule has 9 nitrogen and oxygen atoms in total. The van der Waals surface area contributed by atoms with Crippen LogP contribution in [0.1, 0.15) is 67.8 Å². The number of carbonyl (C=O) groups excluding carboxylic acids is 1. The first kappa shape index (κ1) is 25.1. The van der Waals surface area contributed by atoms with Crippen molar-refractivity contribution >= 4 is 27.6 Å². The number of aromatic nitrogens is 2. The summed E-state index contributed by atoms with van der Waals surface area (Å²) in [6.45, 7) is 6.17. The lowest BCUT2D eigenvalue weighted by Crippen LogP contribution is -2.48. The second-order valence-corrected chi connectivity index (χ2v) is 12.4. The summed E-state index contributed by atoms with van der Waals surface area (Å²) in [5, 5.41) is 7.31. The van der Waals surface area contributed by atoms with Gasteiger partial charge in [-0.1, -0.05) is 6.07 Å². The predicted octanol–water partition coefficient (Wildman–Crippen LogP) is 3.66. The SMILES string of the molecule is CC(C)n1cc(N(CC2CCN(C)CC2)S(=O)(=O)NC(=O)Nc2c3c(cc4c2CCC4)CCC3)cn1. The van der Waals surface area contributed by atoms with Crippen LogP contribution in [0, 0.1) is 5.92 Å². The van der Waals surface area contributed by atoms with Crippen LogP contribution in [0.15, 0.2) is 18.5 Å². The van der Waals surface area contributed by atoms with E-state index in [9.17, 15) is 13.2 Å². The predicted molar refractivity (Wildman–Crippen MR) is 142 cm³/mol. The maximum absolute atomic E-state index is 13.6. The second kappa shape index (κ2) is 10.0. The minimum absolute atomic E-state index is 0.102. The third kappa shape index (κ3) is 5.11. The molecule has 3 aliphatic rings. The molecule has 2 aromatic rings. The molecule has 2 N–H and O–H groups in total. The van der Waals surface area contributed by atoms with Crippen LogP contribution in [0.3, 0.4) is 0 Å². The number of rotatable bonds is 7. The molecule has 0 atom stereocenters. The standard InChI is InChI=1S/C26H38N6O3S/c1-18(2)31-17-22(15-27-31)32(16-19-10-12-30(3)13-11-19)36(34,35)29-26(33)28-25-23-8-4-6-20(23)14-21-7-5-9-24(21)25/h14-15,17-19H,4-13,16H2,1-3H3,(H2,28,29,33). The Morgan fingerprint density at radius 3 is 2.33 bits per heavy atom. The molecule has 0 unspecified atom stereocenters. The molecule has 196 valence electrons. The third-order valence-electron chi connectivity index (χ3n) is 7.89. The third-order valence-corrected chi connectivity index (χ3v) is 9.27. The maximum Gasteiger partial charge on any atom is 0.334 e. The highest BCUT2D eigenvalue weighted by molar-refractivity contribution is 7.91. The van der Waals surface area contributed by atoms with Crippen molar-refractivity contribution in [1.29, 1.82) is 0 Å². The van der Waals surface area contributed by atoms with Gasteiger partial charge in [-0.3, -0.25) is 4.68 Å². The minimum Gasteiger partial charge on any atom is -0.307 e. The Bertz CT molecular complexity index is 1200. The highest BCUT2D eigenvalue weighted by atomic mass is 32.2. The Hall–Kier alpha value is -2.59. The molecule has 0 saturated carbocycles. The van der Waals surface area contributed by atoms with Crippen molar-refractivity contribution in [1.82, 2.24) is 19.4 Å². The number of nitrogens with zero attached hydrogens (tertiary/aromatic N) is 4. The average molecular weight is 515 g/mol. The summed E-state index contributed by atoms with van der Waals surface area (Å²) in [5.41, 5.74) is 6.23. The summed E-state index contributed by atoms with van der Waals surface area (Å²) in [6, 6.07) is 1.69. The number of likely N-dealkylation sites (tertiary alicyclic amines) is 1. The van der Waals surface area contributed by atoms with E-state index in [0.29, 0.717) is 12.2 Å². The number of nitrogens with one attached hydrogen (secondary N) is 2. The van der Waals surface area contributed by atoms with Gasteiger partial charge in [-0.2, -0.15) is 13.5 Å². The van der Waals surface area contributed by atoms with E-state index in [4.69, 9.17) is 0 Å². The summed E-state index contributed by atoms with van der Waals surface area (Å²) >= 11 is 0. The molecule has 1 saturated heterocycles. The van der Waals surface area contributed by atoms with Crippen molar-refractivity contribution in [3.8, 4) is 0 Å². The van der Waals surface area contributed by atoms with Crippen LogP contribution in [-0.4, -0.2) is 55.8 Å². The van der Waals surface area contributed by atoms with E-state index in [1.165, 1.54) is 26.6 Å². The monoisotopic (exact) mass is 514 g/mol. The Morgan fingerprint density at radius 1 is 1.11 bits per heavy atom. The van der Waals surface area contributed by atoms with Crippen LogP contribution >= 0.6 is 0 Å². The van der Waals surface area contributed by atoms with Crippen molar-refractivity contribution in [2.75, 3.05) is 36.3 Å². The van der Waals surface area contributed by atoms with Crippen LogP contribution in [0.25, 0.3) is 0 Å². The molecule has 1 fully saturated rings. The number of aryl methyl sites for hydroxylation is 2. The largest absolute Gasteiger partial charge is 0.334 e. The minimum atomic E-state index is -4.14. The number of carbonyl (C=O) groups is 1. The number of amides is 2. The molecule has 1 aromatic heterocycles. The van der Waals surface area contributed by atoms with Gasteiger partial charge >= 0.3 is 16.2 Å². The lowest BCUT2D eigenvalue weighted by Gasteiger charge is -2.33. The topological polar surface area (TPSA) is 99.6 Å². The zero-order chi connectivity index (χ0) is 25.4. The van der Waals surface area contributed by atoms with E-state index in [1.54, 1.807) is 17.1 Å². The molecule has 0 spiro atoms. The molecule has 5 rings (SSSR count). The molecule has 10 heteroatoms. The van der Waals surface area contributed by atoms with E-state index >= 15 is 0 Å². The molecule has 0 bridgehead atoms. The summed E-state index contributed by atoms with van der Waals surface area (Å²) in [7, 11) is -2.06. The van der Waals surface area contributed by atoms with Gasteiger partial charge in [-0.15, -0.1) is 0 Å². The zero-order valence-corrected chi connectivity index (χ0v) is 22.4. The van der Waals surface area contributed by atoms with Gasteiger partial charge in [0.05, 0.1) is 11.9 Å². The maximum atomic E-state index is 13.6. The van der Waals surface area contributed by atoms with E-state index in [1.807, 2.05) is 13.8 Å². The molecule has 2 aliphatic carbocycles. The number of piperidine rings is 1. The van der Waals surface area contributed by atoms with Crippen LogP contribution in [0.4, 0.5) is 16.2 Å². The molecular formula is C26H38N6O3S. The van der Waals surface area contributed by atoms with Gasteiger partial charge in [0.2, 0.25) is 0 Å². The summed E-state index contributed by atoms with van der Waals surface area (Å²) in [6.07, 6.45) is 11.1. The Morgan fingerprint density at radius 2 is 1.75 bits per heavy atom. The van der Waals surface area contributed by atoms with Gasteiger partial charge < -0.3 is 10.2 Å². The second-order valence-electron chi connectivity index (χ2n) is 10.8. The van der Waals surface area contributed by atoms with Crippen LogP contribution in [0.5, 0.6) is 0 Å². The molecule has 2 amide bonds. The molecule has 2 heterocycles. The lowest BCUT2D eigenvalue weighted by molar-refractivity contribution is 0.224. The number of urea groups is 1. The number of benzene rings is 1. The number of hydrogen-bond donors (Lipinski definition) is 2. The summed E-state index contributed by atoms with van der Waals surface area (Å²) < 4.78 is 32.6. The van der Waals surface area contributed by atoms with Gasteiger partial charge in [0.1, 0.15) is 0 Å². The van der Waals surface area contributed by atoms with Crippen LogP contribution < -0.4 is 14.3 Å². The molecule has 1 aromatic carbocycles. The van der Waals surface area contributed by atoms with Gasteiger partial charge in [0, 0.05) is 24.5 Å². The first-order valence-electron chi connectivity index (χ1n) is 13.2. The first-order chi connectivity index (χ1) is 17.2. The smallest absolute Gasteiger partial charge is 0.307 e. The van der Waals surface area contributed by atoms with Crippen molar-refractivity contribution in [2.24, 2.45) is 5.92 Å². The number of fused-ring (bicyclic) bond motifs is 2. The van der Waals surface area contributed by atoms with Crippen molar-refractivity contribution in [3.05, 3.63) is 40.7 Å². The van der Waals surface area contributed by atoms with Gasteiger partial charge in [-0.25, -0.2) is 13.8 Å². The Balaban J connectivity index is 1.38. The molecule has 1 aliphatic heterocycles. The van der Waals surface area contributed by atoms with Crippen LogP contribution in [-0.2, 0) is 35.9 Å². The van der Waals surface area contributed by atoms with E-state index < -0.39 is 16.2 Å². The van der Waals surface area contributed by atoms with E-state index in [0.717, 1.165) is 70.1 Å². The van der Waals surface area contributed by atoms with E-state index in [-0.39, 0.29) is 12.0 Å². The van der Waals surface area contributed by atoms with Crippen molar-refractivity contribution in [2.45, 2.75) is 71.3 Å². The van der Waals surface area contributed by atoms with Crippen LogP contribution in [0.2, 0.25) is 0 Å². The van der Waals surface area contributed by atoms with Gasteiger partial charge in [0.25, 0.3) is 0 Å². The average Bonchev–Trinajstić information content (AvgIpc) is 3.58. The highest BCUT2D eigenvalue weighted by Gasteiger charge is 2.31. The first-order valence-corrected chi connectivity index (χ1v) is 14.7. The van der Waals surface area contributed by atoms with Gasteiger partial charge in [0.15, 0.2) is 0 Å². The molecule has 0 radical (unpaired) electrons. The van der Waals surface area contributed by atoms with Gasteiger partial charge in [-0.05, 0) is 114 Å². The lowest BCUT2D eigenvalue weighted by atomic mass is 9.97. The fourth-order valence-corrected chi connectivity index (χ4v) is 7.01. The highest BCUT2D eigenvalue weighted by Crippen LogP contribution is 2.38. The summed E-state index contributed by atoms with van der Waals surface area (Å²) in [5.74, 6) is 0.212. The zero-order valence-electron chi connectivity index (χ0n) is 21.6. The molecular weight excluding hydrogens is 476 g/mol. The van der Waals surface area contributed by atoms with Crippen molar-refractivity contribution in [3.63, 3.8) is 0 Å². The number of anilines is 2. The van der Waals surface area contributed by atoms with E-state index in [2.05, 4.69) is 33.2 Å². The number of hydrogen-bond acceptors (Lipinski definition) is 5.